The first kappa shape index (κ1) is 48.9. The van der Waals surface area contributed by atoms with E-state index in [0.717, 1.165) is 77.0 Å². The van der Waals surface area contributed by atoms with Crippen molar-refractivity contribution in [2.75, 3.05) is 26.2 Å². The molecule has 5 N–H and O–H groups in total. The fraction of sp³-hybridized carbons (Fsp3) is 0.731. The molecular formula is C52H85N3O4. The maximum absolute atomic E-state index is 12.8. The zero-order valence-electron chi connectivity index (χ0n) is 37.9. The summed E-state index contributed by atoms with van der Waals surface area (Å²) in [5.74, 6) is 3.45. The van der Waals surface area contributed by atoms with Gasteiger partial charge in [0.05, 0.1) is 12.2 Å². The number of aliphatic hydroxyl groups is 2. The van der Waals surface area contributed by atoms with Crippen LogP contribution in [0.3, 0.4) is 0 Å². The normalized spacial score (nSPS) is 32.7. The summed E-state index contributed by atoms with van der Waals surface area (Å²) in [7, 11) is 0. The molecule has 2 amide bonds. The molecule has 7 heteroatoms. The van der Waals surface area contributed by atoms with Gasteiger partial charge in [-0.05, 0) is 149 Å². The van der Waals surface area contributed by atoms with Gasteiger partial charge in [0.2, 0.25) is 11.8 Å². The molecule has 332 valence electrons. The third-order valence-electron chi connectivity index (χ3n) is 15.4. The molecule has 0 saturated heterocycles. The van der Waals surface area contributed by atoms with Crippen LogP contribution in [0.15, 0.2) is 72.9 Å². The van der Waals surface area contributed by atoms with E-state index in [4.69, 9.17) is 0 Å². The maximum Gasteiger partial charge on any atom is 0.220 e. The SMILES string of the molecule is CC/C=C\C/C=C\C/C=C\C/C=C\C/C=C\C/C=C\CCC(=O)NCCNCCNC(=O)CC[C@@H](C)C1CC[C@H]2[C@@H]3[C@H](O)[C@H](CC)[C@@H]4C[C@H](O)CC[C@]4(C)[C@H]3CC[C@]12C. The van der Waals surface area contributed by atoms with Crippen LogP contribution in [0, 0.1) is 52.3 Å². The number of hydrogen-bond donors (Lipinski definition) is 5. The van der Waals surface area contributed by atoms with Gasteiger partial charge in [-0.15, -0.1) is 0 Å². The first-order valence-corrected chi connectivity index (χ1v) is 24.1. The molecule has 4 fully saturated rings. The predicted molar refractivity (Wildman–Crippen MR) is 247 cm³/mol. The fourth-order valence-electron chi connectivity index (χ4n) is 12.2. The molecule has 0 aromatic rings. The smallest absolute Gasteiger partial charge is 0.220 e. The van der Waals surface area contributed by atoms with Crippen LogP contribution in [-0.4, -0.2) is 60.4 Å². The lowest BCUT2D eigenvalue weighted by Gasteiger charge is -2.64. The molecule has 4 rings (SSSR count). The van der Waals surface area contributed by atoms with Crippen molar-refractivity contribution in [3.8, 4) is 0 Å². The van der Waals surface area contributed by atoms with Gasteiger partial charge in [0, 0.05) is 39.0 Å². The second kappa shape index (κ2) is 25.9. The second-order valence-electron chi connectivity index (χ2n) is 19.0. The van der Waals surface area contributed by atoms with Crippen molar-refractivity contribution in [2.24, 2.45) is 52.3 Å². The Balaban J connectivity index is 1.00. The van der Waals surface area contributed by atoms with E-state index in [0.29, 0.717) is 74.5 Å². The van der Waals surface area contributed by atoms with E-state index in [2.05, 4.69) is 123 Å². The largest absolute Gasteiger partial charge is 0.393 e. The second-order valence-corrected chi connectivity index (χ2v) is 19.0. The molecule has 0 radical (unpaired) electrons. The number of hydrogen-bond acceptors (Lipinski definition) is 5. The number of allylic oxidation sites excluding steroid dienone is 12. The molecule has 59 heavy (non-hydrogen) atoms. The monoisotopic (exact) mass is 816 g/mol. The van der Waals surface area contributed by atoms with E-state index >= 15 is 0 Å². The molecule has 0 heterocycles. The van der Waals surface area contributed by atoms with E-state index in [1.807, 2.05) is 0 Å². The number of rotatable bonds is 25. The van der Waals surface area contributed by atoms with Gasteiger partial charge in [-0.25, -0.2) is 0 Å². The number of carbonyl (C=O) groups is 2. The molecule has 0 aromatic carbocycles. The summed E-state index contributed by atoms with van der Waals surface area (Å²) < 4.78 is 0. The topological polar surface area (TPSA) is 111 Å². The van der Waals surface area contributed by atoms with Crippen molar-refractivity contribution in [3.63, 3.8) is 0 Å². The van der Waals surface area contributed by atoms with Crippen LogP contribution in [-0.2, 0) is 9.59 Å². The van der Waals surface area contributed by atoms with Gasteiger partial charge < -0.3 is 26.2 Å². The van der Waals surface area contributed by atoms with Crippen molar-refractivity contribution < 1.29 is 19.8 Å². The van der Waals surface area contributed by atoms with E-state index < -0.39 is 0 Å². The highest BCUT2D eigenvalue weighted by Crippen LogP contribution is 2.69. The molecule has 4 aliphatic carbocycles. The van der Waals surface area contributed by atoms with Gasteiger partial charge in [0.1, 0.15) is 0 Å². The Morgan fingerprint density at radius 3 is 1.75 bits per heavy atom. The van der Waals surface area contributed by atoms with Crippen molar-refractivity contribution in [2.45, 2.75) is 162 Å². The van der Waals surface area contributed by atoms with Crippen LogP contribution in [0.1, 0.15) is 150 Å². The van der Waals surface area contributed by atoms with E-state index in [9.17, 15) is 19.8 Å². The Morgan fingerprint density at radius 1 is 0.644 bits per heavy atom. The van der Waals surface area contributed by atoms with Crippen LogP contribution in [0.25, 0.3) is 0 Å². The van der Waals surface area contributed by atoms with Gasteiger partial charge in [0.25, 0.3) is 0 Å². The number of nitrogens with one attached hydrogen (secondary N) is 3. The summed E-state index contributed by atoms with van der Waals surface area (Å²) in [5.41, 5.74) is 0.452. The standard InChI is InChI=1S/C52H85N3O4/c1-6-8-9-10-11-12-13-14-15-16-17-18-19-20-21-22-23-24-25-26-47(57)54-37-35-53-36-38-55-48(58)30-27-40(3)43-28-29-44-49-45(32-34-51(43,44)4)52(5)33-31-41(56)39-46(52)42(7-2)50(49)59/h8-9,11-12,14-15,17-18,20-21,23-24,40-46,49-50,53,56,59H,6-7,10,13,16,19,22,25-39H2,1-5H3,(H,54,57)(H,55,58)/b9-8-,12-11-,15-14-,18-17-,21-20-,24-23-/t40-,41-,42-,43?,44+,45+,46+,49+,50-,51-,52-/m1/s1. The van der Waals surface area contributed by atoms with Crippen LogP contribution in [0.4, 0.5) is 0 Å². The Morgan fingerprint density at radius 2 is 1.17 bits per heavy atom. The lowest BCUT2D eigenvalue weighted by Crippen LogP contribution is -2.62. The third-order valence-corrected chi connectivity index (χ3v) is 15.4. The lowest BCUT2D eigenvalue weighted by molar-refractivity contribution is -0.203. The zero-order chi connectivity index (χ0) is 42.5. The Hall–Kier alpha value is -2.74. The lowest BCUT2D eigenvalue weighted by atomic mass is 9.41. The minimum atomic E-state index is -0.262. The first-order valence-electron chi connectivity index (χ1n) is 24.1. The van der Waals surface area contributed by atoms with Crippen molar-refractivity contribution in [1.29, 1.82) is 0 Å². The summed E-state index contributed by atoms with van der Waals surface area (Å²) in [6.07, 6.45) is 43.0. The zero-order valence-corrected chi connectivity index (χ0v) is 37.9. The van der Waals surface area contributed by atoms with Gasteiger partial charge in [0.15, 0.2) is 0 Å². The van der Waals surface area contributed by atoms with Crippen molar-refractivity contribution in [1.82, 2.24) is 16.0 Å². The number of aliphatic hydroxyl groups excluding tert-OH is 2. The third kappa shape index (κ3) is 14.4. The molecule has 1 unspecified atom stereocenters. The highest BCUT2D eigenvalue weighted by Gasteiger charge is 2.64. The molecule has 0 bridgehead atoms. The minimum Gasteiger partial charge on any atom is -0.393 e. The summed E-state index contributed by atoms with van der Waals surface area (Å²) >= 11 is 0. The molecule has 4 saturated carbocycles. The van der Waals surface area contributed by atoms with Gasteiger partial charge >= 0.3 is 0 Å². The van der Waals surface area contributed by atoms with Gasteiger partial charge in [-0.3, -0.25) is 9.59 Å². The summed E-state index contributed by atoms with van der Waals surface area (Å²) in [6.45, 7) is 14.3. The fourth-order valence-corrected chi connectivity index (χ4v) is 12.2. The van der Waals surface area contributed by atoms with Crippen molar-refractivity contribution >= 4 is 11.8 Å². The quantitative estimate of drug-likeness (QED) is 0.0466. The molecule has 4 aliphatic rings. The van der Waals surface area contributed by atoms with E-state index in [1.54, 1.807) is 0 Å². The minimum absolute atomic E-state index is 0.0668. The average Bonchev–Trinajstić information content (AvgIpc) is 3.58. The van der Waals surface area contributed by atoms with Gasteiger partial charge in [-0.1, -0.05) is 114 Å². The van der Waals surface area contributed by atoms with Crippen LogP contribution in [0.5, 0.6) is 0 Å². The Bertz CT molecular complexity index is 1430. The average molecular weight is 816 g/mol. The first-order chi connectivity index (χ1) is 28.6. The summed E-state index contributed by atoms with van der Waals surface area (Å²) in [6, 6.07) is 0. The highest BCUT2D eigenvalue weighted by atomic mass is 16.3. The van der Waals surface area contributed by atoms with Gasteiger partial charge in [-0.2, -0.15) is 0 Å². The summed E-state index contributed by atoms with van der Waals surface area (Å²) in [4.78, 5) is 25.1. The number of carbonyl (C=O) groups excluding carboxylic acids is 2. The predicted octanol–water partition coefficient (Wildman–Crippen LogP) is 10.3. The molecular weight excluding hydrogens is 731 g/mol. The number of amides is 2. The maximum atomic E-state index is 12.8. The molecule has 0 aromatic heterocycles. The molecule has 0 spiro atoms. The van der Waals surface area contributed by atoms with E-state index in [-0.39, 0.29) is 40.8 Å². The number of fused-ring (bicyclic) bond motifs is 5. The van der Waals surface area contributed by atoms with Crippen LogP contribution < -0.4 is 16.0 Å². The van der Waals surface area contributed by atoms with Crippen LogP contribution in [0.2, 0.25) is 0 Å². The molecule has 0 aliphatic heterocycles. The Labute approximate surface area is 360 Å². The van der Waals surface area contributed by atoms with Crippen molar-refractivity contribution in [3.05, 3.63) is 72.9 Å². The van der Waals surface area contributed by atoms with E-state index in [1.165, 1.54) is 25.7 Å². The summed E-state index contributed by atoms with van der Waals surface area (Å²) in [5, 5.41) is 32.0. The molecule has 11 atom stereocenters. The highest BCUT2D eigenvalue weighted by molar-refractivity contribution is 5.76. The Kier molecular flexibility index (Phi) is 21.5. The van der Waals surface area contributed by atoms with Crippen LogP contribution >= 0.6 is 0 Å². The molecule has 7 nitrogen and oxygen atoms in total.